The summed E-state index contributed by atoms with van der Waals surface area (Å²) in [7, 11) is -3.35. The van der Waals surface area contributed by atoms with Crippen molar-refractivity contribution in [3.63, 3.8) is 0 Å². The first-order chi connectivity index (χ1) is 14.8. The molecule has 4 aromatic rings. The third kappa shape index (κ3) is 3.45. The van der Waals surface area contributed by atoms with Crippen molar-refractivity contribution in [2.24, 2.45) is 0 Å². The first-order valence-electron chi connectivity index (χ1n) is 9.90. The number of fused-ring (bicyclic) bond motifs is 2. The van der Waals surface area contributed by atoms with E-state index in [-0.39, 0.29) is 10.8 Å². The van der Waals surface area contributed by atoms with E-state index < -0.39 is 9.84 Å². The van der Waals surface area contributed by atoms with Crippen LogP contribution in [0, 0.1) is 6.92 Å². The lowest BCUT2D eigenvalue weighted by Gasteiger charge is -2.34. The van der Waals surface area contributed by atoms with Gasteiger partial charge in [-0.15, -0.1) is 0 Å². The molecule has 1 amide bonds. The van der Waals surface area contributed by atoms with Gasteiger partial charge >= 0.3 is 0 Å². The topological polar surface area (TPSA) is 87.9 Å². The quantitative estimate of drug-likeness (QED) is 0.472. The van der Waals surface area contributed by atoms with Gasteiger partial charge in [0.2, 0.25) is 0 Å². The van der Waals surface area contributed by atoms with Crippen molar-refractivity contribution in [3.05, 3.63) is 54.0 Å². The van der Waals surface area contributed by atoms with E-state index in [0.29, 0.717) is 37.4 Å². The second kappa shape index (κ2) is 7.31. The second-order valence-electron chi connectivity index (χ2n) is 7.63. The molecule has 0 aliphatic carbocycles. The van der Waals surface area contributed by atoms with Crippen LogP contribution in [-0.2, 0) is 9.84 Å². The molecule has 31 heavy (non-hydrogen) atoms. The average Bonchev–Trinajstić information content (AvgIpc) is 3.32. The Morgan fingerprint density at radius 3 is 2.55 bits per heavy atom. The number of carbonyl (C=O) groups excluding carboxylic acids is 1. The highest BCUT2D eigenvalue weighted by Crippen LogP contribution is 2.33. The van der Waals surface area contributed by atoms with E-state index in [1.54, 1.807) is 12.1 Å². The van der Waals surface area contributed by atoms with Gasteiger partial charge in [-0.1, -0.05) is 23.5 Å². The Morgan fingerprint density at radius 1 is 1.03 bits per heavy atom. The maximum absolute atomic E-state index is 13.2. The lowest BCUT2D eigenvalue weighted by molar-refractivity contribution is 0.0739. The summed E-state index contributed by atoms with van der Waals surface area (Å²) in [6.45, 7) is 4.25. The SMILES string of the molecule is Cc1nc2ccccn2c1C(=O)N1CCN(c2nc3c(S(C)(=O)=O)cccc3s2)CC1. The molecule has 4 heterocycles. The van der Waals surface area contributed by atoms with Crippen LogP contribution < -0.4 is 4.90 Å². The monoisotopic (exact) mass is 455 g/mol. The molecule has 8 nitrogen and oxygen atoms in total. The number of piperazine rings is 1. The Hall–Kier alpha value is -2.98. The lowest BCUT2D eigenvalue weighted by atomic mass is 10.2. The molecule has 0 bridgehead atoms. The molecular weight excluding hydrogens is 434 g/mol. The fourth-order valence-corrected chi connectivity index (χ4v) is 5.91. The highest BCUT2D eigenvalue weighted by atomic mass is 32.2. The van der Waals surface area contributed by atoms with Crippen LogP contribution in [0.3, 0.4) is 0 Å². The molecule has 0 atom stereocenters. The van der Waals surface area contributed by atoms with E-state index in [1.165, 1.54) is 17.6 Å². The number of benzene rings is 1. The minimum Gasteiger partial charge on any atom is -0.345 e. The Balaban J connectivity index is 1.37. The van der Waals surface area contributed by atoms with E-state index in [9.17, 15) is 13.2 Å². The zero-order valence-electron chi connectivity index (χ0n) is 17.1. The molecule has 1 aliphatic heterocycles. The summed E-state index contributed by atoms with van der Waals surface area (Å²) < 4.78 is 26.8. The van der Waals surface area contributed by atoms with Gasteiger partial charge in [0.25, 0.3) is 5.91 Å². The van der Waals surface area contributed by atoms with Crippen molar-refractivity contribution in [1.29, 1.82) is 0 Å². The fourth-order valence-electron chi connectivity index (χ4n) is 3.97. The number of thiazole rings is 1. The van der Waals surface area contributed by atoms with Crippen LogP contribution >= 0.6 is 11.3 Å². The molecule has 0 spiro atoms. The lowest BCUT2D eigenvalue weighted by Crippen LogP contribution is -2.49. The van der Waals surface area contributed by atoms with Crippen LogP contribution in [-0.4, -0.2) is 66.0 Å². The number of carbonyl (C=O) groups is 1. The van der Waals surface area contributed by atoms with E-state index in [1.807, 2.05) is 46.7 Å². The van der Waals surface area contributed by atoms with Crippen molar-refractivity contribution < 1.29 is 13.2 Å². The molecule has 1 aliphatic rings. The van der Waals surface area contributed by atoms with Gasteiger partial charge in [0.15, 0.2) is 15.0 Å². The minimum absolute atomic E-state index is 0.0282. The predicted octanol–water partition coefficient (Wildman–Crippen LogP) is 2.62. The van der Waals surface area contributed by atoms with E-state index in [0.717, 1.165) is 21.2 Å². The van der Waals surface area contributed by atoms with Crippen LogP contribution in [0.15, 0.2) is 47.5 Å². The van der Waals surface area contributed by atoms with Crippen molar-refractivity contribution >= 4 is 48.1 Å². The van der Waals surface area contributed by atoms with Gasteiger partial charge in [-0.05, 0) is 31.2 Å². The van der Waals surface area contributed by atoms with Gasteiger partial charge in [0.05, 0.1) is 15.3 Å². The number of hydrogen-bond donors (Lipinski definition) is 0. The van der Waals surface area contributed by atoms with Crippen molar-refractivity contribution in [2.45, 2.75) is 11.8 Å². The van der Waals surface area contributed by atoms with E-state index >= 15 is 0 Å². The summed E-state index contributed by atoms with van der Waals surface area (Å²) in [6.07, 6.45) is 3.06. The third-order valence-electron chi connectivity index (χ3n) is 5.51. The average molecular weight is 456 g/mol. The van der Waals surface area contributed by atoms with Crippen LogP contribution in [0.25, 0.3) is 15.9 Å². The second-order valence-corrected chi connectivity index (χ2v) is 10.6. The number of aryl methyl sites for hydroxylation is 1. The zero-order chi connectivity index (χ0) is 21.8. The molecule has 1 fully saturated rings. The number of sulfone groups is 1. The Kier molecular flexibility index (Phi) is 4.71. The van der Waals surface area contributed by atoms with Crippen LogP contribution in [0.4, 0.5) is 5.13 Å². The molecule has 0 N–H and O–H groups in total. The number of hydrogen-bond acceptors (Lipinski definition) is 7. The number of rotatable bonds is 3. The van der Waals surface area contributed by atoms with Gasteiger partial charge in [0, 0.05) is 38.6 Å². The van der Waals surface area contributed by atoms with Crippen molar-refractivity contribution in [2.75, 3.05) is 37.3 Å². The molecule has 5 rings (SSSR count). The summed E-state index contributed by atoms with van der Waals surface area (Å²) in [5, 5.41) is 0.782. The number of para-hydroxylation sites is 1. The molecule has 10 heteroatoms. The number of pyridine rings is 1. The van der Waals surface area contributed by atoms with Gasteiger partial charge in [-0.3, -0.25) is 9.20 Å². The van der Waals surface area contributed by atoms with Gasteiger partial charge in [-0.2, -0.15) is 0 Å². The zero-order valence-corrected chi connectivity index (χ0v) is 18.8. The number of anilines is 1. The summed E-state index contributed by atoms with van der Waals surface area (Å²) in [5.41, 5.74) is 2.60. The largest absolute Gasteiger partial charge is 0.345 e. The molecule has 0 saturated carbocycles. The number of aromatic nitrogens is 3. The standard InChI is InChI=1S/C21H21N5O3S2/c1-14-19(26-9-4-3-8-17(26)22-14)20(27)24-10-12-25(13-11-24)21-23-18-15(30-21)6-5-7-16(18)31(2,28)29/h3-9H,10-13H2,1-2H3. The maximum Gasteiger partial charge on any atom is 0.272 e. The number of nitrogens with zero attached hydrogens (tertiary/aromatic N) is 5. The smallest absolute Gasteiger partial charge is 0.272 e. The highest BCUT2D eigenvalue weighted by molar-refractivity contribution is 7.91. The Bertz CT molecular complexity index is 1420. The van der Waals surface area contributed by atoms with Crippen LogP contribution in [0.2, 0.25) is 0 Å². The Morgan fingerprint density at radius 2 is 1.81 bits per heavy atom. The van der Waals surface area contributed by atoms with Crippen molar-refractivity contribution in [3.8, 4) is 0 Å². The van der Waals surface area contributed by atoms with Gasteiger partial charge in [-0.25, -0.2) is 18.4 Å². The van der Waals surface area contributed by atoms with Crippen LogP contribution in [0.5, 0.6) is 0 Å². The predicted molar refractivity (Wildman–Crippen MR) is 121 cm³/mol. The minimum atomic E-state index is -3.35. The molecule has 0 unspecified atom stereocenters. The third-order valence-corrected chi connectivity index (χ3v) is 7.72. The molecule has 1 saturated heterocycles. The molecule has 1 aromatic carbocycles. The van der Waals surface area contributed by atoms with E-state index in [2.05, 4.69) is 14.9 Å². The number of imidazole rings is 1. The fraction of sp³-hybridized carbons (Fsp3) is 0.286. The molecule has 160 valence electrons. The van der Waals surface area contributed by atoms with E-state index in [4.69, 9.17) is 0 Å². The first-order valence-corrected chi connectivity index (χ1v) is 12.6. The van der Waals surface area contributed by atoms with Crippen molar-refractivity contribution in [1.82, 2.24) is 19.3 Å². The summed E-state index contributed by atoms with van der Waals surface area (Å²) in [6, 6.07) is 10.9. The summed E-state index contributed by atoms with van der Waals surface area (Å²) >= 11 is 1.48. The first kappa shape index (κ1) is 20.0. The number of amides is 1. The summed E-state index contributed by atoms with van der Waals surface area (Å²) in [4.78, 5) is 26.5. The van der Waals surface area contributed by atoms with Crippen LogP contribution in [0.1, 0.15) is 16.2 Å². The molecular formula is C21H21N5O3S2. The molecule has 3 aromatic heterocycles. The molecule has 0 radical (unpaired) electrons. The van der Waals surface area contributed by atoms with Gasteiger partial charge < -0.3 is 9.80 Å². The summed E-state index contributed by atoms with van der Waals surface area (Å²) in [5.74, 6) is -0.0282. The maximum atomic E-state index is 13.2. The Labute approximate surface area is 183 Å². The highest BCUT2D eigenvalue weighted by Gasteiger charge is 2.27. The van der Waals surface area contributed by atoms with Gasteiger partial charge in [0.1, 0.15) is 16.9 Å². The normalized spacial score (nSPS) is 15.2.